The highest BCUT2D eigenvalue weighted by Gasteiger charge is 2.42. The van der Waals surface area contributed by atoms with E-state index in [1.165, 1.54) is 36.8 Å². The van der Waals surface area contributed by atoms with Crippen LogP contribution in [-0.4, -0.2) is 11.9 Å². The van der Waals surface area contributed by atoms with Crippen LogP contribution in [0.1, 0.15) is 62.5 Å². The van der Waals surface area contributed by atoms with Crippen molar-refractivity contribution in [3.05, 3.63) is 35.4 Å². The Balaban J connectivity index is 1.44. The fourth-order valence-electron chi connectivity index (χ4n) is 5.36. The molecule has 1 N–H and O–H groups in total. The lowest BCUT2D eigenvalue weighted by Gasteiger charge is -2.31. The van der Waals surface area contributed by atoms with Crippen molar-refractivity contribution in [3.8, 4) is 0 Å². The van der Waals surface area contributed by atoms with Crippen molar-refractivity contribution in [3.63, 3.8) is 0 Å². The summed E-state index contributed by atoms with van der Waals surface area (Å²) in [5.41, 5.74) is 2.65. The SMILES string of the molecule is CC(NC(=O)C1CCCc2ccccc21)C1CC2CCC1C2. The summed E-state index contributed by atoms with van der Waals surface area (Å²) in [6, 6.07) is 8.85. The maximum atomic E-state index is 12.8. The Kier molecular flexibility index (Phi) is 3.71. The largest absolute Gasteiger partial charge is 0.353 e. The van der Waals surface area contributed by atoms with Crippen LogP contribution in [0.4, 0.5) is 0 Å². The minimum atomic E-state index is 0.0750. The van der Waals surface area contributed by atoms with Gasteiger partial charge in [-0.2, -0.15) is 0 Å². The first kappa shape index (κ1) is 14.3. The number of carbonyl (C=O) groups excluding carboxylic acids is 1. The number of fused-ring (bicyclic) bond motifs is 3. The molecule has 2 bridgehead atoms. The molecule has 0 aliphatic heterocycles. The van der Waals surface area contributed by atoms with E-state index in [0.717, 1.165) is 37.0 Å². The van der Waals surface area contributed by atoms with Crippen LogP contribution in [-0.2, 0) is 11.2 Å². The van der Waals surface area contributed by atoms with Crippen molar-refractivity contribution in [2.24, 2.45) is 17.8 Å². The molecule has 5 unspecified atom stereocenters. The van der Waals surface area contributed by atoms with Crippen molar-refractivity contribution < 1.29 is 4.79 Å². The number of benzene rings is 1. The van der Waals surface area contributed by atoms with E-state index in [4.69, 9.17) is 0 Å². The van der Waals surface area contributed by atoms with Gasteiger partial charge in [0.25, 0.3) is 0 Å². The number of hydrogen-bond acceptors (Lipinski definition) is 1. The average molecular weight is 297 g/mol. The quantitative estimate of drug-likeness (QED) is 0.896. The molecule has 2 saturated carbocycles. The van der Waals surface area contributed by atoms with Gasteiger partial charge in [0.05, 0.1) is 5.92 Å². The molecule has 3 aliphatic rings. The van der Waals surface area contributed by atoms with Gasteiger partial charge in [-0.05, 0) is 74.3 Å². The number of aryl methyl sites for hydroxylation is 1. The molecular weight excluding hydrogens is 270 g/mol. The predicted octanol–water partition coefficient (Wildman–Crippen LogP) is 4.05. The van der Waals surface area contributed by atoms with Crippen LogP contribution in [0.2, 0.25) is 0 Å². The molecule has 2 fully saturated rings. The van der Waals surface area contributed by atoms with E-state index in [0.29, 0.717) is 6.04 Å². The number of amides is 1. The molecular formula is C20H27NO. The van der Waals surface area contributed by atoms with Crippen LogP contribution in [0.25, 0.3) is 0 Å². The Morgan fingerprint density at radius 2 is 2.05 bits per heavy atom. The van der Waals surface area contributed by atoms with Crippen molar-refractivity contribution in [1.82, 2.24) is 5.32 Å². The summed E-state index contributed by atoms with van der Waals surface area (Å²) in [5, 5.41) is 3.38. The maximum Gasteiger partial charge on any atom is 0.227 e. The molecule has 5 atom stereocenters. The molecule has 4 rings (SSSR count). The van der Waals surface area contributed by atoms with Crippen LogP contribution in [0.15, 0.2) is 24.3 Å². The molecule has 3 aliphatic carbocycles. The fourth-order valence-corrected chi connectivity index (χ4v) is 5.36. The van der Waals surface area contributed by atoms with Crippen LogP contribution in [0, 0.1) is 17.8 Å². The Labute approximate surface area is 133 Å². The van der Waals surface area contributed by atoms with E-state index in [1.54, 1.807) is 0 Å². The van der Waals surface area contributed by atoms with E-state index in [2.05, 4.69) is 36.5 Å². The third kappa shape index (κ3) is 2.47. The van der Waals surface area contributed by atoms with Gasteiger partial charge in [-0.15, -0.1) is 0 Å². The Bertz CT molecular complexity index is 567. The number of hydrogen-bond donors (Lipinski definition) is 1. The topological polar surface area (TPSA) is 29.1 Å². The van der Waals surface area contributed by atoms with Crippen molar-refractivity contribution in [2.75, 3.05) is 0 Å². The molecule has 0 heterocycles. The summed E-state index contributed by atoms with van der Waals surface area (Å²) >= 11 is 0. The molecule has 0 spiro atoms. The fraction of sp³-hybridized carbons (Fsp3) is 0.650. The van der Waals surface area contributed by atoms with Crippen LogP contribution >= 0.6 is 0 Å². The number of nitrogens with one attached hydrogen (secondary N) is 1. The van der Waals surface area contributed by atoms with E-state index in [9.17, 15) is 4.79 Å². The van der Waals surface area contributed by atoms with Gasteiger partial charge in [0.2, 0.25) is 5.91 Å². The third-order valence-corrected chi connectivity index (χ3v) is 6.49. The second-order valence-electron chi connectivity index (χ2n) is 7.78. The van der Waals surface area contributed by atoms with Gasteiger partial charge < -0.3 is 5.32 Å². The summed E-state index contributed by atoms with van der Waals surface area (Å²) in [7, 11) is 0. The van der Waals surface area contributed by atoms with Gasteiger partial charge in [-0.25, -0.2) is 0 Å². The summed E-state index contributed by atoms with van der Waals surface area (Å²) in [4.78, 5) is 12.8. The molecule has 1 amide bonds. The van der Waals surface area contributed by atoms with E-state index >= 15 is 0 Å². The average Bonchev–Trinajstić information content (AvgIpc) is 3.17. The first-order chi connectivity index (χ1) is 10.7. The lowest BCUT2D eigenvalue weighted by molar-refractivity contribution is -0.124. The third-order valence-electron chi connectivity index (χ3n) is 6.49. The smallest absolute Gasteiger partial charge is 0.227 e. The summed E-state index contributed by atoms with van der Waals surface area (Å²) in [5.74, 6) is 2.89. The first-order valence-corrected chi connectivity index (χ1v) is 9.10. The second kappa shape index (κ2) is 5.72. The van der Waals surface area contributed by atoms with E-state index < -0.39 is 0 Å². The molecule has 0 radical (unpaired) electrons. The first-order valence-electron chi connectivity index (χ1n) is 9.10. The molecule has 2 nitrogen and oxygen atoms in total. The van der Waals surface area contributed by atoms with Gasteiger partial charge in [0.15, 0.2) is 0 Å². The zero-order chi connectivity index (χ0) is 15.1. The lowest BCUT2D eigenvalue weighted by atomic mass is 9.81. The summed E-state index contributed by atoms with van der Waals surface area (Å²) < 4.78 is 0. The Morgan fingerprint density at radius 1 is 1.18 bits per heavy atom. The standard InChI is InChI=1S/C20H27NO/c1-13(19-12-14-9-10-16(19)11-14)21-20(22)18-8-4-6-15-5-2-3-7-17(15)18/h2-3,5,7,13-14,16,18-19H,4,6,8-12H2,1H3,(H,21,22). The molecule has 1 aromatic carbocycles. The predicted molar refractivity (Wildman–Crippen MR) is 88.7 cm³/mol. The van der Waals surface area contributed by atoms with Gasteiger partial charge in [0.1, 0.15) is 0 Å². The van der Waals surface area contributed by atoms with Gasteiger partial charge in [-0.1, -0.05) is 30.7 Å². The van der Waals surface area contributed by atoms with Gasteiger partial charge in [0, 0.05) is 6.04 Å². The van der Waals surface area contributed by atoms with Crippen LogP contribution in [0.3, 0.4) is 0 Å². The Morgan fingerprint density at radius 3 is 2.82 bits per heavy atom. The zero-order valence-electron chi connectivity index (χ0n) is 13.6. The number of rotatable bonds is 3. The molecule has 1 aromatic rings. The zero-order valence-corrected chi connectivity index (χ0v) is 13.6. The van der Waals surface area contributed by atoms with Crippen LogP contribution < -0.4 is 5.32 Å². The normalized spacial score (nSPS) is 34.2. The maximum absolute atomic E-state index is 12.8. The molecule has 0 saturated heterocycles. The highest BCUT2D eigenvalue weighted by Crippen LogP contribution is 2.49. The van der Waals surface area contributed by atoms with Crippen molar-refractivity contribution >= 4 is 5.91 Å². The second-order valence-corrected chi connectivity index (χ2v) is 7.78. The van der Waals surface area contributed by atoms with E-state index in [-0.39, 0.29) is 11.8 Å². The molecule has 118 valence electrons. The van der Waals surface area contributed by atoms with E-state index in [1.807, 2.05) is 0 Å². The van der Waals surface area contributed by atoms with Crippen molar-refractivity contribution in [1.29, 1.82) is 0 Å². The molecule has 0 aromatic heterocycles. The minimum Gasteiger partial charge on any atom is -0.353 e. The lowest BCUT2D eigenvalue weighted by Crippen LogP contribution is -2.42. The summed E-state index contributed by atoms with van der Waals surface area (Å²) in [6.07, 6.45) is 8.84. The van der Waals surface area contributed by atoms with Gasteiger partial charge >= 0.3 is 0 Å². The van der Waals surface area contributed by atoms with Crippen molar-refractivity contribution in [2.45, 2.75) is 63.8 Å². The highest BCUT2D eigenvalue weighted by atomic mass is 16.1. The van der Waals surface area contributed by atoms with Crippen LogP contribution in [0.5, 0.6) is 0 Å². The molecule has 2 heteroatoms. The number of carbonyl (C=O) groups is 1. The Hall–Kier alpha value is -1.31. The monoisotopic (exact) mass is 297 g/mol. The highest BCUT2D eigenvalue weighted by molar-refractivity contribution is 5.84. The molecule has 22 heavy (non-hydrogen) atoms. The minimum absolute atomic E-state index is 0.0750. The van der Waals surface area contributed by atoms with Gasteiger partial charge in [-0.3, -0.25) is 4.79 Å². The summed E-state index contributed by atoms with van der Waals surface area (Å²) in [6.45, 7) is 2.23.